The minimum Gasteiger partial charge on any atom is -0.384 e. The maximum atomic E-state index is 13.7. The molecular weight excluding hydrogens is 309 g/mol. The molecule has 0 radical (unpaired) electrons. The monoisotopic (exact) mass is 325 g/mol. The summed E-state index contributed by atoms with van der Waals surface area (Å²) in [5.41, 5.74) is 0.506. The molecule has 0 aliphatic carbocycles. The number of aliphatic hydroxyl groups is 1. The third-order valence-corrected chi connectivity index (χ3v) is 5.74. The van der Waals surface area contributed by atoms with Crippen molar-refractivity contribution in [2.45, 2.75) is 5.25 Å². The predicted molar refractivity (Wildman–Crippen MR) is 86.3 cm³/mol. The van der Waals surface area contributed by atoms with Crippen molar-refractivity contribution in [1.29, 1.82) is 0 Å². The second-order valence-corrected chi connectivity index (χ2v) is 6.99. The molecule has 6 heteroatoms. The van der Waals surface area contributed by atoms with Crippen molar-refractivity contribution >= 4 is 29.4 Å². The molecule has 0 aromatic heterocycles. The van der Waals surface area contributed by atoms with E-state index in [0.29, 0.717) is 17.4 Å². The zero-order valence-corrected chi connectivity index (χ0v) is 13.0. The summed E-state index contributed by atoms with van der Waals surface area (Å²) in [4.78, 5) is 12.1. The van der Waals surface area contributed by atoms with Crippen LogP contribution in [0.2, 0.25) is 0 Å². The van der Waals surface area contributed by atoms with Crippen molar-refractivity contribution in [3.05, 3.63) is 35.1 Å². The average Bonchev–Trinajstić information content (AvgIpc) is 2.53. The van der Waals surface area contributed by atoms with Gasteiger partial charge in [0.05, 0.1) is 5.56 Å². The van der Waals surface area contributed by atoms with Crippen molar-refractivity contribution in [3.8, 4) is 11.8 Å². The van der Waals surface area contributed by atoms with Gasteiger partial charge in [-0.2, -0.15) is 23.5 Å². The molecule has 1 amide bonds. The fraction of sp³-hybridized carbons (Fsp3) is 0.400. The zero-order valence-electron chi connectivity index (χ0n) is 11.4. The van der Waals surface area contributed by atoms with E-state index in [1.165, 1.54) is 18.2 Å². The van der Waals surface area contributed by atoms with E-state index in [1.54, 1.807) is 0 Å². The Labute approximate surface area is 132 Å². The third kappa shape index (κ3) is 4.95. The van der Waals surface area contributed by atoms with Crippen LogP contribution in [0.25, 0.3) is 0 Å². The molecule has 2 N–H and O–H groups in total. The normalized spacial score (nSPS) is 17.7. The highest BCUT2D eigenvalue weighted by Crippen LogP contribution is 2.23. The minimum atomic E-state index is -0.562. The molecule has 0 saturated carbocycles. The first-order valence-corrected chi connectivity index (χ1v) is 8.78. The SMILES string of the molecule is O=C(NCC1CSCCS1)c1cc(C#CCO)ccc1F. The number of hydrogen-bond acceptors (Lipinski definition) is 4. The first kappa shape index (κ1) is 16.2. The van der Waals surface area contributed by atoms with E-state index in [0.717, 1.165) is 17.3 Å². The molecule has 0 bridgehead atoms. The first-order valence-electron chi connectivity index (χ1n) is 6.57. The van der Waals surface area contributed by atoms with E-state index >= 15 is 0 Å². The number of hydrogen-bond donors (Lipinski definition) is 2. The molecule has 2 rings (SSSR count). The number of benzene rings is 1. The molecule has 112 valence electrons. The molecule has 0 spiro atoms. The van der Waals surface area contributed by atoms with Crippen molar-refractivity contribution < 1.29 is 14.3 Å². The average molecular weight is 325 g/mol. The highest BCUT2D eigenvalue weighted by molar-refractivity contribution is 8.06. The molecule has 1 aromatic rings. The quantitative estimate of drug-likeness (QED) is 0.832. The van der Waals surface area contributed by atoms with E-state index < -0.39 is 11.7 Å². The Morgan fingerprint density at radius 1 is 1.48 bits per heavy atom. The van der Waals surface area contributed by atoms with Gasteiger partial charge in [-0.3, -0.25) is 4.79 Å². The smallest absolute Gasteiger partial charge is 0.254 e. The Balaban J connectivity index is 2.00. The molecule has 1 aromatic carbocycles. The molecule has 3 nitrogen and oxygen atoms in total. The van der Waals surface area contributed by atoms with Gasteiger partial charge in [-0.15, -0.1) is 0 Å². The summed E-state index contributed by atoms with van der Waals surface area (Å²) in [5, 5.41) is 11.8. The highest BCUT2D eigenvalue weighted by Gasteiger charge is 2.17. The maximum Gasteiger partial charge on any atom is 0.254 e. The maximum absolute atomic E-state index is 13.7. The van der Waals surface area contributed by atoms with Gasteiger partial charge in [0.1, 0.15) is 12.4 Å². The van der Waals surface area contributed by atoms with Gasteiger partial charge in [0.15, 0.2) is 0 Å². The first-order chi connectivity index (χ1) is 10.2. The number of halogens is 1. The Kier molecular flexibility index (Phi) is 6.43. The standard InChI is InChI=1S/C15H16FNO2S2/c16-14-4-3-11(2-1-5-18)8-13(14)15(19)17-9-12-10-20-6-7-21-12/h3-4,8,12,18H,5-7,9-10H2,(H,17,19). The van der Waals surface area contributed by atoms with Crippen molar-refractivity contribution in [1.82, 2.24) is 5.32 Å². The van der Waals surface area contributed by atoms with Crippen LogP contribution in [0, 0.1) is 17.7 Å². The Bertz CT molecular complexity index is 563. The molecule has 21 heavy (non-hydrogen) atoms. The van der Waals surface area contributed by atoms with Crippen LogP contribution in [0.15, 0.2) is 18.2 Å². The van der Waals surface area contributed by atoms with E-state index in [1.807, 2.05) is 23.5 Å². The number of carbonyl (C=O) groups is 1. The van der Waals surface area contributed by atoms with Crippen LogP contribution in [0.3, 0.4) is 0 Å². The second kappa shape index (κ2) is 8.32. The molecule has 1 fully saturated rings. The largest absolute Gasteiger partial charge is 0.384 e. The number of aliphatic hydroxyl groups excluding tert-OH is 1. The van der Waals surface area contributed by atoms with Crippen LogP contribution in [0.4, 0.5) is 4.39 Å². The van der Waals surface area contributed by atoms with Gasteiger partial charge in [0, 0.05) is 34.6 Å². The summed E-state index contributed by atoms with van der Waals surface area (Å²) >= 11 is 3.72. The van der Waals surface area contributed by atoms with E-state index in [9.17, 15) is 9.18 Å². The molecule has 1 aliphatic rings. The van der Waals surface area contributed by atoms with Crippen LogP contribution >= 0.6 is 23.5 Å². The van der Waals surface area contributed by atoms with E-state index in [4.69, 9.17) is 5.11 Å². The lowest BCUT2D eigenvalue weighted by atomic mass is 10.1. The van der Waals surface area contributed by atoms with Crippen molar-refractivity contribution in [2.24, 2.45) is 0 Å². The Hall–Kier alpha value is -1.16. The molecule has 1 unspecified atom stereocenters. The number of carbonyl (C=O) groups excluding carboxylic acids is 1. The summed E-state index contributed by atoms with van der Waals surface area (Å²) in [6.07, 6.45) is 0. The van der Waals surface area contributed by atoms with Gasteiger partial charge in [-0.1, -0.05) is 11.8 Å². The second-order valence-electron chi connectivity index (χ2n) is 4.43. The number of thioether (sulfide) groups is 2. The van der Waals surface area contributed by atoms with Crippen LogP contribution in [0.1, 0.15) is 15.9 Å². The fourth-order valence-corrected chi connectivity index (χ4v) is 4.49. The lowest BCUT2D eigenvalue weighted by molar-refractivity contribution is 0.0950. The summed E-state index contributed by atoms with van der Waals surface area (Å²) in [7, 11) is 0. The molecular formula is C15H16FNO2S2. The van der Waals surface area contributed by atoms with Gasteiger partial charge in [0.2, 0.25) is 0 Å². The predicted octanol–water partition coefficient (Wildman–Crippen LogP) is 1.75. The summed E-state index contributed by atoms with van der Waals surface area (Å²) in [6.45, 7) is 0.276. The van der Waals surface area contributed by atoms with Crippen LogP contribution in [0.5, 0.6) is 0 Å². The summed E-state index contributed by atoms with van der Waals surface area (Å²) < 4.78 is 13.7. The summed E-state index contributed by atoms with van der Waals surface area (Å²) in [6, 6.07) is 4.13. The van der Waals surface area contributed by atoms with Gasteiger partial charge >= 0.3 is 0 Å². The minimum absolute atomic E-state index is 0.00629. The van der Waals surface area contributed by atoms with E-state index in [2.05, 4.69) is 17.2 Å². The van der Waals surface area contributed by atoms with Gasteiger partial charge < -0.3 is 10.4 Å². The van der Waals surface area contributed by atoms with E-state index in [-0.39, 0.29) is 12.2 Å². The van der Waals surface area contributed by atoms with Gasteiger partial charge in [0.25, 0.3) is 5.91 Å². The number of nitrogens with one attached hydrogen (secondary N) is 1. The Morgan fingerprint density at radius 3 is 3.05 bits per heavy atom. The molecule has 1 atom stereocenters. The lowest BCUT2D eigenvalue weighted by Gasteiger charge is -2.21. The van der Waals surface area contributed by atoms with Gasteiger partial charge in [-0.25, -0.2) is 4.39 Å². The molecule has 1 saturated heterocycles. The molecule has 1 aliphatic heterocycles. The fourth-order valence-electron chi connectivity index (χ4n) is 1.87. The zero-order chi connectivity index (χ0) is 15.1. The van der Waals surface area contributed by atoms with Crippen LogP contribution in [-0.2, 0) is 0 Å². The highest BCUT2D eigenvalue weighted by atomic mass is 32.2. The number of rotatable bonds is 3. The molecule has 1 heterocycles. The Morgan fingerprint density at radius 2 is 2.33 bits per heavy atom. The topological polar surface area (TPSA) is 49.3 Å². The lowest BCUT2D eigenvalue weighted by Crippen LogP contribution is -2.33. The van der Waals surface area contributed by atoms with Crippen molar-refractivity contribution in [2.75, 3.05) is 30.4 Å². The van der Waals surface area contributed by atoms with Crippen LogP contribution < -0.4 is 5.32 Å². The summed E-state index contributed by atoms with van der Waals surface area (Å²) in [5.74, 6) is 7.41. The van der Waals surface area contributed by atoms with Crippen molar-refractivity contribution in [3.63, 3.8) is 0 Å². The number of amides is 1. The van der Waals surface area contributed by atoms with Crippen LogP contribution in [-0.4, -0.2) is 46.7 Å². The van der Waals surface area contributed by atoms with Gasteiger partial charge in [-0.05, 0) is 18.2 Å². The third-order valence-electron chi connectivity index (χ3n) is 2.90.